The van der Waals surface area contributed by atoms with Crippen LogP contribution in [0.25, 0.3) is 0 Å². The summed E-state index contributed by atoms with van der Waals surface area (Å²) in [5.41, 5.74) is 2.04. The van der Waals surface area contributed by atoms with Crippen molar-refractivity contribution >= 4 is 17.5 Å². The largest absolute Gasteiger partial charge is 0.493 e. The predicted molar refractivity (Wildman–Crippen MR) is 74.7 cm³/mol. The number of hydrogen-bond acceptors (Lipinski definition) is 3. The first-order valence-electron chi connectivity index (χ1n) is 6.73. The summed E-state index contributed by atoms with van der Waals surface area (Å²) in [5, 5.41) is 0.715. The summed E-state index contributed by atoms with van der Waals surface area (Å²) in [5.74, 6) is 1.85. The number of benzene rings is 1. The molecule has 1 aliphatic heterocycles. The third kappa shape index (κ3) is 2.56. The maximum Gasteiger partial charge on any atom is 0.172 e. The molecule has 1 aliphatic carbocycles. The molecule has 2 aliphatic rings. The summed E-state index contributed by atoms with van der Waals surface area (Å²) in [4.78, 5) is 12.1. The van der Waals surface area contributed by atoms with E-state index in [1.54, 1.807) is 0 Å². The molecule has 3 rings (SSSR count). The van der Waals surface area contributed by atoms with Crippen LogP contribution in [0.1, 0.15) is 41.6 Å². The average molecular weight is 262 g/mol. The van der Waals surface area contributed by atoms with Crippen LogP contribution < -0.4 is 4.74 Å². The highest BCUT2D eigenvalue weighted by Crippen LogP contribution is 2.30. The number of Topliss-reactive ketones (excluding diaryl/α,β-unsaturated/α-hetero) is 1. The number of rotatable bonds is 4. The fourth-order valence-electron chi connectivity index (χ4n) is 2.69. The molecule has 1 aromatic carbocycles. The first-order chi connectivity index (χ1) is 8.83. The van der Waals surface area contributed by atoms with Crippen molar-refractivity contribution in [1.82, 2.24) is 0 Å². The van der Waals surface area contributed by atoms with Gasteiger partial charge in [-0.05, 0) is 36.6 Å². The van der Waals surface area contributed by atoms with E-state index in [4.69, 9.17) is 4.74 Å². The molecule has 0 saturated heterocycles. The van der Waals surface area contributed by atoms with Crippen LogP contribution in [0.2, 0.25) is 0 Å². The summed E-state index contributed by atoms with van der Waals surface area (Å²) in [6, 6.07) is 5.86. The number of carbonyl (C=O) groups excluding carboxylic acids is 1. The van der Waals surface area contributed by atoms with E-state index >= 15 is 0 Å². The summed E-state index contributed by atoms with van der Waals surface area (Å²) < 4.78 is 5.46. The van der Waals surface area contributed by atoms with Crippen LogP contribution in [-0.4, -0.2) is 23.4 Å². The van der Waals surface area contributed by atoms with Crippen LogP contribution in [-0.2, 0) is 6.42 Å². The zero-order chi connectivity index (χ0) is 12.4. The summed E-state index contributed by atoms with van der Waals surface area (Å²) in [6.07, 6.45) is 6.18. The molecular weight excluding hydrogens is 244 g/mol. The Labute approximate surface area is 112 Å². The van der Waals surface area contributed by atoms with Crippen molar-refractivity contribution < 1.29 is 9.53 Å². The van der Waals surface area contributed by atoms with Crippen molar-refractivity contribution in [3.63, 3.8) is 0 Å². The minimum atomic E-state index is 0.265. The van der Waals surface area contributed by atoms with Gasteiger partial charge < -0.3 is 4.74 Å². The molecule has 0 bridgehead atoms. The van der Waals surface area contributed by atoms with E-state index in [1.807, 2.05) is 30.0 Å². The lowest BCUT2D eigenvalue weighted by atomic mass is 10.1. The fourth-order valence-corrected chi connectivity index (χ4v) is 3.91. The van der Waals surface area contributed by atoms with Gasteiger partial charge in [0, 0.05) is 17.2 Å². The van der Waals surface area contributed by atoms with Crippen molar-refractivity contribution in [2.75, 3.05) is 12.4 Å². The van der Waals surface area contributed by atoms with E-state index in [1.165, 1.54) is 31.2 Å². The quantitative estimate of drug-likeness (QED) is 0.777. The highest BCUT2D eigenvalue weighted by atomic mass is 32.2. The maximum absolute atomic E-state index is 12.1. The molecule has 96 valence electrons. The Balaban J connectivity index is 1.61. The molecule has 18 heavy (non-hydrogen) atoms. The van der Waals surface area contributed by atoms with Gasteiger partial charge in [0.25, 0.3) is 0 Å². The Morgan fingerprint density at radius 1 is 1.33 bits per heavy atom. The number of ketones is 1. The molecule has 3 heteroatoms. The molecule has 0 amide bonds. The Bertz CT molecular complexity index is 450. The number of thioether (sulfide) groups is 1. The van der Waals surface area contributed by atoms with E-state index in [0.717, 1.165) is 24.3 Å². The molecule has 1 aromatic rings. The molecule has 2 nitrogen and oxygen atoms in total. The van der Waals surface area contributed by atoms with Gasteiger partial charge in [-0.3, -0.25) is 4.79 Å². The van der Waals surface area contributed by atoms with Gasteiger partial charge >= 0.3 is 0 Å². The zero-order valence-electron chi connectivity index (χ0n) is 10.5. The summed E-state index contributed by atoms with van der Waals surface area (Å²) in [7, 11) is 0. The Morgan fingerprint density at radius 3 is 3.00 bits per heavy atom. The molecule has 1 fully saturated rings. The molecule has 0 aromatic heterocycles. The van der Waals surface area contributed by atoms with Crippen LogP contribution >= 0.6 is 11.8 Å². The second-order valence-corrected chi connectivity index (χ2v) is 6.35. The van der Waals surface area contributed by atoms with Crippen LogP contribution in [0.3, 0.4) is 0 Å². The van der Waals surface area contributed by atoms with Crippen LogP contribution in [0.4, 0.5) is 0 Å². The summed E-state index contributed by atoms with van der Waals surface area (Å²) in [6.45, 7) is 0.754. The van der Waals surface area contributed by atoms with Crippen molar-refractivity contribution in [3.8, 4) is 5.75 Å². The molecule has 0 spiro atoms. The summed E-state index contributed by atoms with van der Waals surface area (Å²) >= 11 is 1.84. The van der Waals surface area contributed by atoms with E-state index in [-0.39, 0.29) is 5.78 Å². The molecular formula is C15H18O2S. The van der Waals surface area contributed by atoms with Crippen LogP contribution in [0.15, 0.2) is 18.2 Å². The number of fused-ring (bicyclic) bond motifs is 1. The Hall–Kier alpha value is -0.960. The van der Waals surface area contributed by atoms with Gasteiger partial charge in [-0.1, -0.05) is 12.8 Å². The third-order valence-corrected chi connectivity index (χ3v) is 5.14. The van der Waals surface area contributed by atoms with Gasteiger partial charge in [-0.15, -0.1) is 0 Å². The molecule has 1 saturated carbocycles. The van der Waals surface area contributed by atoms with Gasteiger partial charge in [0.1, 0.15) is 5.75 Å². The van der Waals surface area contributed by atoms with Gasteiger partial charge in [-0.25, -0.2) is 0 Å². The molecule has 0 unspecified atom stereocenters. The molecule has 0 radical (unpaired) electrons. The minimum absolute atomic E-state index is 0.265. The van der Waals surface area contributed by atoms with E-state index in [0.29, 0.717) is 11.0 Å². The number of hydrogen-bond donors (Lipinski definition) is 0. The van der Waals surface area contributed by atoms with Crippen molar-refractivity contribution in [2.45, 2.75) is 37.4 Å². The average Bonchev–Trinajstić information content (AvgIpc) is 3.05. The Kier molecular flexibility index (Phi) is 3.59. The van der Waals surface area contributed by atoms with Crippen LogP contribution in [0, 0.1) is 0 Å². The normalized spacial score (nSPS) is 18.7. The van der Waals surface area contributed by atoms with Gasteiger partial charge in [0.2, 0.25) is 0 Å². The third-order valence-electron chi connectivity index (χ3n) is 3.76. The topological polar surface area (TPSA) is 26.3 Å². The molecule has 0 N–H and O–H groups in total. The van der Waals surface area contributed by atoms with Crippen molar-refractivity contribution in [3.05, 3.63) is 29.3 Å². The smallest absolute Gasteiger partial charge is 0.172 e. The monoisotopic (exact) mass is 262 g/mol. The van der Waals surface area contributed by atoms with Crippen molar-refractivity contribution in [2.24, 2.45) is 0 Å². The van der Waals surface area contributed by atoms with Crippen molar-refractivity contribution in [1.29, 1.82) is 0 Å². The highest BCUT2D eigenvalue weighted by molar-refractivity contribution is 8.00. The van der Waals surface area contributed by atoms with E-state index < -0.39 is 0 Å². The molecule has 1 heterocycles. The predicted octanol–water partition coefficient (Wildman–Crippen LogP) is 3.48. The Morgan fingerprint density at radius 2 is 2.17 bits per heavy atom. The standard InChI is InChI=1S/C15H18O2S/c16-14(10-18-13-3-1-2-4-13)11-5-6-15-12(9-11)7-8-17-15/h5-6,9,13H,1-4,7-8,10H2. The lowest BCUT2D eigenvalue weighted by molar-refractivity contribution is 0.102. The number of ether oxygens (including phenoxy) is 1. The molecule has 0 atom stereocenters. The van der Waals surface area contributed by atoms with Gasteiger partial charge in [-0.2, -0.15) is 11.8 Å². The van der Waals surface area contributed by atoms with Crippen LogP contribution in [0.5, 0.6) is 5.75 Å². The zero-order valence-corrected chi connectivity index (χ0v) is 11.3. The van der Waals surface area contributed by atoms with Gasteiger partial charge in [0.05, 0.1) is 12.4 Å². The minimum Gasteiger partial charge on any atom is -0.493 e. The lowest BCUT2D eigenvalue weighted by Gasteiger charge is -2.08. The van der Waals surface area contributed by atoms with Gasteiger partial charge in [0.15, 0.2) is 5.78 Å². The fraction of sp³-hybridized carbons (Fsp3) is 0.533. The first-order valence-corrected chi connectivity index (χ1v) is 7.78. The lowest BCUT2D eigenvalue weighted by Crippen LogP contribution is -2.06. The second kappa shape index (κ2) is 5.35. The number of carbonyl (C=O) groups is 1. The van der Waals surface area contributed by atoms with E-state index in [9.17, 15) is 4.79 Å². The van der Waals surface area contributed by atoms with E-state index in [2.05, 4.69) is 0 Å². The highest BCUT2D eigenvalue weighted by Gasteiger charge is 2.19. The SMILES string of the molecule is O=C(CSC1CCCC1)c1ccc2c(c1)CCO2. The second-order valence-electron chi connectivity index (χ2n) is 5.06. The maximum atomic E-state index is 12.1. The first kappa shape index (κ1) is 12.1.